The summed E-state index contributed by atoms with van der Waals surface area (Å²) in [5, 5.41) is 24.0. The van der Waals surface area contributed by atoms with Crippen molar-refractivity contribution in [3.05, 3.63) is 94.6 Å². The second kappa shape index (κ2) is 12.4. The maximum atomic E-state index is 13.8. The molecule has 0 saturated carbocycles. The standard InChI is InChI=1S/C32H34N2O7/c1-21-5-3-4-6-24(21)20-41-25-10-7-22(8-11-25)30(36)28-29(23-9-12-26(35)27(19-23)39-2)34(32(38)31(28)37)14-13-33-15-17-40-18-16-33/h3-12,19,29,35-36H,13-18,20H2,1-2H3/b30-28+. The number of nitrogens with zero attached hydrogens (tertiary/aromatic N) is 1. The van der Waals surface area contributed by atoms with Gasteiger partial charge in [0.15, 0.2) is 11.5 Å². The zero-order valence-corrected chi connectivity index (χ0v) is 23.2. The fraction of sp³-hybridized carbons (Fsp3) is 0.312. The van der Waals surface area contributed by atoms with Crippen LogP contribution in [0.3, 0.4) is 0 Å². The molecule has 0 spiro atoms. The van der Waals surface area contributed by atoms with Crippen molar-refractivity contribution >= 4 is 17.4 Å². The number of ether oxygens (including phenoxy) is 3. The molecule has 3 aromatic carbocycles. The van der Waals surface area contributed by atoms with Gasteiger partial charge >= 0.3 is 0 Å². The lowest BCUT2D eigenvalue weighted by atomic mass is 9.95. The number of ketones is 1. The molecule has 2 aliphatic rings. The Hall–Kier alpha value is -4.34. The van der Waals surface area contributed by atoms with Crippen LogP contribution in [-0.4, -0.2) is 68.2 Å². The molecule has 9 nitrogen and oxygen atoms in total. The van der Waals surface area contributed by atoms with E-state index < -0.39 is 23.5 Å². The van der Waals surface area contributed by atoms with E-state index in [-0.39, 0.29) is 29.2 Å². The van der Waals surface area contributed by atoms with Gasteiger partial charge in [0.2, 0.25) is 5.78 Å². The van der Waals surface area contributed by atoms with Gasteiger partial charge in [-0.15, -0.1) is 0 Å². The molecule has 0 aliphatic carbocycles. The Bertz CT molecular complexity index is 1440. The summed E-state index contributed by atoms with van der Waals surface area (Å²) in [6.45, 7) is 6.20. The van der Waals surface area contributed by atoms with Gasteiger partial charge in [0.1, 0.15) is 25.4 Å². The molecule has 1 unspecified atom stereocenters. The van der Waals surface area contributed by atoms with Crippen LogP contribution in [0.25, 0.3) is 5.76 Å². The van der Waals surface area contributed by atoms with Gasteiger partial charge in [0.25, 0.3) is 5.91 Å². The molecular formula is C32H34N2O7. The minimum atomic E-state index is -0.908. The number of morpholine rings is 1. The third-order valence-electron chi connectivity index (χ3n) is 7.73. The zero-order valence-electron chi connectivity index (χ0n) is 23.2. The van der Waals surface area contributed by atoms with Crippen molar-refractivity contribution in [1.82, 2.24) is 4.90 Å². The molecule has 2 aliphatic heterocycles. The van der Waals surface area contributed by atoms with Crippen molar-refractivity contribution in [2.45, 2.75) is 19.6 Å². The van der Waals surface area contributed by atoms with Crippen LogP contribution in [0.1, 0.15) is 28.3 Å². The Balaban J connectivity index is 1.45. The summed E-state index contributed by atoms with van der Waals surface area (Å²) in [5.41, 5.74) is 2.85. The van der Waals surface area contributed by atoms with Crippen LogP contribution in [0, 0.1) is 6.92 Å². The normalized spacial score (nSPS) is 19.0. The topological polar surface area (TPSA) is 113 Å². The van der Waals surface area contributed by atoms with Crippen LogP contribution in [0.15, 0.2) is 72.3 Å². The molecule has 0 aromatic heterocycles. The van der Waals surface area contributed by atoms with Crippen molar-refractivity contribution in [2.75, 3.05) is 46.5 Å². The summed E-state index contributed by atoms with van der Waals surface area (Å²) < 4.78 is 16.6. The monoisotopic (exact) mass is 558 g/mol. The molecule has 2 fully saturated rings. The van der Waals surface area contributed by atoms with E-state index in [1.165, 1.54) is 23.0 Å². The van der Waals surface area contributed by atoms with Crippen LogP contribution >= 0.6 is 0 Å². The third kappa shape index (κ3) is 6.06. The molecule has 0 bridgehead atoms. The highest BCUT2D eigenvalue weighted by Crippen LogP contribution is 2.41. The van der Waals surface area contributed by atoms with E-state index in [0.717, 1.165) is 24.2 Å². The van der Waals surface area contributed by atoms with E-state index >= 15 is 0 Å². The number of aromatic hydroxyl groups is 1. The number of methoxy groups -OCH3 is 1. The van der Waals surface area contributed by atoms with E-state index in [1.807, 2.05) is 31.2 Å². The summed E-state index contributed by atoms with van der Waals surface area (Å²) in [5.74, 6) is -1.36. The van der Waals surface area contributed by atoms with Gasteiger partial charge in [-0.25, -0.2) is 0 Å². The van der Waals surface area contributed by atoms with Gasteiger partial charge < -0.3 is 34.2 Å². The van der Waals surface area contributed by atoms with E-state index in [4.69, 9.17) is 14.2 Å². The molecule has 41 heavy (non-hydrogen) atoms. The third-order valence-corrected chi connectivity index (χ3v) is 7.73. The van der Waals surface area contributed by atoms with Crippen molar-refractivity contribution in [2.24, 2.45) is 0 Å². The fourth-order valence-electron chi connectivity index (χ4n) is 5.29. The number of likely N-dealkylation sites (tertiary alicyclic amines) is 1. The lowest BCUT2D eigenvalue weighted by Gasteiger charge is -2.30. The molecule has 2 saturated heterocycles. The number of aryl methyl sites for hydroxylation is 1. The first-order valence-corrected chi connectivity index (χ1v) is 13.7. The molecule has 1 amide bonds. The number of nitrogens with one attached hydrogen (secondary N) is 1. The minimum Gasteiger partial charge on any atom is -0.872 e. The van der Waals surface area contributed by atoms with Gasteiger partial charge in [-0.05, 0) is 53.4 Å². The maximum Gasteiger partial charge on any atom is 0.295 e. The highest BCUT2D eigenvalue weighted by molar-refractivity contribution is 6.46. The molecular weight excluding hydrogens is 524 g/mol. The van der Waals surface area contributed by atoms with E-state index in [2.05, 4.69) is 0 Å². The Morgan fingerprint density at radius 1 is 1.07 bits per heavy atom. The predicted molar refractivity (Wildman–Crippen MR) is 149 cm³/mol. The van der Waals surface area contributed by atoms with Crippen molar-refractivity contribution in [3.63, 3.8) is 0 Å². The highest BCUT2D eigenvalue weighted by atomic mass is 16.5. The van der Waals surface area contributed by atoms with Crippen molar-refractivity contribution in [3.8, 4) is 17.2 Å². The summed E-state index contributed by atoms with van der Waals surface area (Å²) in [4.78, 5) is 29.4. The van der Waals surface area contributed by atoms with Crippen molar-refractivity contribution < 1.29 is 38.9 Å². The number of carbonyl (C=O) groups is 2. The second-order valence-electron chi connectivity index (χ2n) is 10.3. The first-order chi connectivity index (χ1) is 19.9. The maximum absolute atomic E-state index is 13.8. The number of Topliss-reactive ketones (excluding diaryl/α,β-unsaturated/α-hetero) is 1. The number of quaternary nitrogens is 1. The zero-order chi connectivity index (χ0) is 28.9. The molecule has 214 valence electrons. The van der Waals surface area contributed by atoms with Gasteiger partial charge in [-0.3, -0.25) is 9.59 Å². The molecule has 5 rings (SSSR count). The largest absolute Gasteiger partial charge is 0.872 e. The quantitative estimate of drug-likeness (QED) is 0.232. The number of rotatable bonds is 9. The number of carbonyl (C=O) groups excluding carboxylic acids is 2. The highest BCUT2D eigenvalue weighted by Gasteiger charge is 2.44. The van der Waals surface area contributed by atoms with Crippen LogP contribution in [0.5, 0.6) is 17.2 Å². The first kappa shape index (κ1) is 28.2. The van der Waals surface area contributed by atoms with Crippen LogP contribution < -0.4 is 19.5 Å². The van der Waals surface area contributed by atoms with Gasteiger partial charge in [0.05, 0.1) is 39.5 Å². The smallest absolute Gasteiger partial charge is 0.295 e. The van der Waals surface area contributed by atoms with Gasteiger partial charge in [-0.1, -0.05) is 48.2 Å². The molecule has 2 N–H and O–H groups in total. The number of phenols is 1. The molecule has 3 aromatic rings. The van der Waals surface area contributed by atoms with E-state index in [9.17, 15) is 19.8 Å². The molecule has 9 heteroatoms. The Morgan fingerprint density at radius 2 is 1.80 bits per heavy atom. The fourth-order valence-corrected chi connectivity index (χ4v) is 5.29. The summed E-state index contributed by atoms with van der Waals surface area (Å²) >= 11 is 0. The number of hydrogen-bond donors (Lipinski definition) is 2. The average molecular weight is 559 g/mol. The number of hydrogen-bond acceptors (Lipinski definition) is 7. The number of phenolic OH excluding ortho intramolecular Hbond substituents is 1. The summed E-state index contributed by atoms with van der Waals surface area (Å²) in [7, 11) is 1.42. The van der Waals surface area contributed by atoms with Crippen LogP contribution in [0.4, 0.5) is 0 Å². The lowest BCUT2D eigenvalue weighted by Crippen LogP contribution is -3.14. The molecule has 2 heterocycles. The average Bonchev–Trinajstić information content (AvgIpc) is 3.25. The van der Waals surface area contributed by atoms with Crippen LogP contribution in [0.2, 0.25) is 0 Å². The number of amides is 1. The SMILES string of the molecule is COc1cc(C2/C(=C(\[O-])c3ccc(OCc4ccccc4C)cc3)C(=O)C(=O)N2CC[NH+]2CCOCC2)ccc1O. The Kier molecular flexibility index (Phi) is 8.56. The van der Waals surface area contributed by atoms with E-state index in [0.29, 0.717) is 37.7 Å². The Morgan fingerprint density at radius 3 is 2.51 bits per heavy atom. The van der Waals surface area contributed by atoms with Crippen LogP contribution in [-0.2, 0) is 20.9 Å². The summed E-state index contributed by atoms with van der Waals surface area (Å²) in [6, 6.07) is 18.2. The minimum absolute atomic E-state index is 0.0784. The number of benzene rings is 3. The van der Waals surface area contributed by atoms with Gasteiger partial charge in [-0.2, -0.15) is 0 Å². The van der Waals surface area contributed by atoms with Crippen molar-refractivity contribution in [1.29, 1.82) is 0 Å². The van der Waals surface area contributed by atoms with Gasteiger partial charge in [0, 0.05) is 5.57 Å². The Labute approximate surface area is 239 Å². The summed E-state index contributed by atoms with van der Waals surface area (Å²) in [6.07, 6.45) is 0. The second-order valence-corrected chi connectivity index (χ2v) is 10.3. The molecule has 0 radical (unpaired) electrons. The molecule has 1 atom stereocenters. The predicted octanol–water partition coefficient (Wildman–Crippen LogP) is 1.43. The van der Waals surface area contributed by atoms with E-state index in [1.54, 1.807) is 36.4 Å². The first-order valence-electron chi connectivity index (χ1n) is 13.7. The lowest BCUT2D eigenvalue weighted by molar-refractivity contribution is -0.907.